The molecule has 0 spiro atoms. The molecule has 0 fully saturated rings. The van der Waals surface area contributed by atoms with Crippen LogP contribution in [0.3, 0.4) is 0 Å². The molecule has 0 aromatic rings. The molecule has 0 aromatic carbocycles. The minimum atomic E-state index is 0.932. The molecule has 0 amide bonds. The van der Waals surface area contributed by atoms with Crippen LogP contribution in [0.25, 0.3) is 0 Å². The average Bonchev–Trinajstić information content (AvgIpc) is 1.37. The monoisotopic (exact) mass is 112 g/mol. The van der Waals surface area contributed by atoms with Crippen molar-refractivity contribution in [2.24, 2.45) is 0 Å². The van der Waals surface area contributed by atoms with Crippen LogP contribution < -0.4 is 0 Å². The molecule has 0 aliphatic rings. The van der Waals surface area contributed by atoms with E-state index in [-0.39, 0.29) is 0 Å². The SMILES string of the molecule is CC=[CH][GaH2]. The second kappa shape index (κ2) is 3.38. The Bertz CT molecular complexity index is 18.5. The Morgan fingerprint density at radius 2 is 2.00 bits per heavy atom. The second-order valence-corrected chi connectivity index (χ2v) is 2.07. The predicted octanol–water partition coefficient (Wildman–Crippen LogP) is 0.153. The maximum atomic E-state index is 2.19. The summed E-state index contributed by atoms with van der Waals surface area (Å²) in [5.41, 5.74) is 0. The summed E-state index contributed by atoms with van der Waals surface area (Å²) in [5, 5.41) is 0. The van der Waals surface area contributed by atoms with E-state index in [4.69, 9.17) is 0 Å². The third-order valence-corrected chi connectivity index (χ3v) is 1.73. The fourth-order valence-corrected chi connectivity index (χ4v) is 0. The Hall–Kier alpha value is 0.376. The summed E-state index contributed by atoms with van der Waals surface area (Å²) >= 11 is 0.932. The van der Waals surface area contributed by atoms with Crippen LogP contribution in [-0.4, -0.2) is 18.6 Å². The molecule has 0 aromatic heterocycles. The van der Waals surface area contributed by atoms with Crippen LogP contribution in [0.15, 0.2) is 10.7 Å². The van der Waals surface area contributed by atoms with E-state index in [1.165, 1.54) is 0 Å². The molecule has 0 saturated heterocycles. The van der Waals surface area contributed by atoms with Gasteiger partial charge in [0.25, 0.3) is 0 Å². The van der Waals surface area contributed by atoms with Crippen molar-refractivity contribution in [1.82, 2.24) is 0 Å². The van der Waals surface area contributed by atoms with Gasteiger partial charge in [-0.25, -0.2) is 0 Å². The van der Waals surface area contributed by atoms with Gasteiger partial charge in [-0.15, -0.1) is 0 Å². The topological polar surface area (TPSA) is 0 Å². The van der Waals surface area contributed by atoms with Gasteiger partial charge in [0.15, 0.2) is 0 Å². The number of hydrogen-bond acceptors (Lipinski definition) is 0. The van der Waals surface area contributed by atoms with E-state index in [2.05, 4.69) is 10.7 Å². The van der Waals surface area contributed by atoms with Gasteiger partial charge in [0.05, 0.1) is 0 Å². The predicted molar refractivity (Wildman–Crippen MR) is 23.4 cm³/mol. The van der Waals surface area contributed by atoms with E-state index in [9.17, 15) is 0 Å². The van der Waals surface area contributed by atoms with E-state index < -0.39 is 0 Å². The van der Waals surface area contributed by atoms with Crippen molar-refractivity contribution >= 4 is 18.6 Å². The zero-order valence-electron chi connectivity index (χ0n) is 3.15. The molecule has 0 atom stereocenters. The normalized spacial score (nSPS) is 9.25. The van der Waals surface area contributed by atoms with Crippen molar-refractivity contribution in [1.29, 1.82) is 0 Å². The number of allylic oxidation sites excluding steroid dienone is 1. The standard InChI is InChI=1S/C3H5.Ga.2H/c1-3-2;;;/h1,3H,2H3;;;. The van der Waals surface area contributed by atoms with Gasteiger partial charge < -0.3 is 0 Å². The van der Waals surface area contributed by atoms with Crippen molar-refractivity contribution in [3.63, 3.8) is 0 Å². The first-order chi connectivity index (χ1) is 1.91. The molecule has 0 radical (unpaired) electrons. The molecule has 22 valence electrons. The van der Waals surface area contributed by atoms with Crippen LogP contribution in [0.5, 0.6) is 0 Å². The van der Waals surface area contributed by atoms with E-state index in [1.54, 1.807) is 0 Å². The average molecular weight is 113 g/mol. The van der Waals surface area contributed by atoms with Crippen LogP contribution in [0.1, 0.15) is 6.92 Å². The van der Waals surface area contributed by atoms with Gasteiger partial charge >= 0.3 is 36.2 Å². The van der Waals surface area contributed by atoms with E-state index in [0.29, 0.717) is 0 Å². The summed E-state index contributed by atoms with van der Waals surface area (Å²) < 4.78 is 2.19. The molecule has 0 N–H and O–H groups in total. The Balaban J connectivity index is 2.55. The van der Waals surface area contributed by atoms with E-state index in [0.717, 1.165) is 18.6 Å². The molecule has 0 unspecified atom stereocenters. The van der Waals surface area contributed by atoms with Crippen molar-refractivity contribution in [3.8, 4) is 0 Å². The first-order valence-corrected chi connectivity index (χ1v) is 3.91. The summed E-state index contributed by atoms with van der Waals surface area (Å²) in [6, 6.07) is 0. The first kappa shape index (κ1) is 4.38. The Morgan fingerprint density at radius 1 is 1.75 bits per heavy atom. The third-order valence-electron chi connectivity index (χ3n) is 0.333. The van der Waals surface area contributed by atoms with Crippen LogP contribution in [0.4, 0.5) is 0 Å². The number of hydrogen-bond donors (Lipinski definition) is 0. The second-order valence-electron chi connectivity index (χ2n) is 0.667. The molecule has 0 rings (SSSR count). The summed E-state index contributed by atoms with van der Waals surface area (Å²) in [6.07, 6.45) is 2.08. The molecule has 0 bridgehead atoms. The zero-order valence-corrected chi connectivity index (χ0v) is 7.35. The summed E-state index contributed by atoms with van der Waals surface area (Å²) in [7, 11) is 0. The quantitative estimate of drug-likeness (QED) is 0.392. The third kappa shape index (κ3) is 2.38. The van der Waals surface area contributed by atoms with Crippen molar-refractivity contribution in [3.05, 3.63) is 10.7 Å². The zero-order chi connectivity index (χ0) is 3.41. The molecule has 0 aliphatic carbocycles. The van der Waals surface area contributed by atoms with Gasteiger partial charge in [0.2, 0.25) is 0 Å². The van der Waals surface area contributed by atoms with Crippen LogP contribution >= 0.6 is 0 Å². The van der Waals surface area contributed by atoms with Crippen molar-refractivity contribution in [2.75, 3.05) is 0 Å². The Morgan fingerprint density at radius 3 is 2.00 bits per heavy atom. The van der Waals surface area contributed by atoms with Gasteiger partial charge in [-0.05, 0) is 0 Å². The molecule has 0 aliphatic heterocycles. The Labute approximate surface area is 36.8 Å². The van der Waals surface area contributed by atoms with Gasteiger partial charge in [0, 0.05) is 0 Å². The molecule has 1 heteroatoms. The van der Waals surface area contributed by atoms with Gasteiger partial charge in [-0.3, -0.25) is 0 Å². The fraction of sp³-hybridized carbons (Fsp3) is 0.333. The van der Waals surface area contributed by atoms with Crippen LogP contribution in [-0.2, 0) is 0 Å². The van der Waals surface area contributed by atoms with Crippen LogP contribution in [0.2, 0.25) is 0 Å². The molecular weight excluding hydrogens is 106 g/mol. The minimum absolute atomic E-state index is 0.932. The maximum absolute atomic E-state index is 2.19. The molecule has 0 heterocycles. The molecule has 0 nitrogen and oxygen atoms in total. The Kier molecular flexibility index (Phi) is 3.69. The van der Waals surface area contributed by atoms with Crippen LogP contribution in [0, 0.1) is 0 Å². The van der Waals surface area contributed by atoms with Gasteiger partial charge in [-0.2, -0.15) is 0 Å². The summed E-state index contributed by atoms with van der Waals surface area (Å²) in [4.78, 5) is 0. The van der Waals surface area contributed by atoms with Gasteiger partial charge in [0.1, 0.15) is 0 Å². The summed E-state index contributed by atoms with van der Waals surface area (Å²) in [6.45, 7) is 2.05. The van der Waals surface area contributed by atoms with Gasteiger partial charge in [-0.1, -0.05) is 0 Å². The fourth-order valence-electron chi connectivity index (χ4n) is 0. The van der Waals surface area contributed by atoms with E-state index in [1.807, 2.05) is 6.92 Å². The van der Waals surface area contributed by atoms with Crippen molar-refractivity contribution < 1.29 is 0 Å². The molecular formula is C3H7Ga. The summed E-state index contributed by atoms with van der Waals surface area (Å²) in [5.74, 6) is 0. The first-order valence-electron chi connectivity index (χ1n) is 1.49. The van der Waals surface area contributed by atoms with Crippen molar-refractivity contribution in [2.45, 2.75) is 6.92 Å². The number of rotatable bonds is 0. The molecule has 4 heavy (non-hydrogen) atoms. The van der Waals surface area contributed by atoms with E-state index >= 15 is 0 Å². The molecule has 0 saturated carbocycles.